The van der Waals surface area contributed by atoms with Crippen LogP contribution in [-0.2, 0) is 4.79 Å². The minimum Gasteiger partial charge on any atom is -0.288 e. The Morgan fingerprint density at radius 1 is 1.33 bits per heavy atom. The predicted octanol–water partition coefficient (Wildman–Crippen LogP) is 3.60. The van der Waals surface area contributed by atoms with Gasteiger partial charge in [0.15, 0.2) is 0 Å². The predicted molar refractivity (Wildman–Crippen MR) is 73.2 cm³/mol. The van der Waals surface area contributed by atoms with Crippen LogP contribution >= 0.6 is 0 Å². The molecule has 0 bridgehead atoms. The number of nitrogens with one attached hydrogen (secondary N) is 1. The Labute approximate surface area is 110 Å². The van der Waals surface area contributed by atoms with E-state index in [2.05, 4.69) is 13.0 Å². The standard InChI is InChI=1S/C15H25NO2/c1-12(8-9-15(17)16-18)10-13(2)11-14-6-4-3-5-7-14/h8-10,13-14,18H,3-7,11H2,1-2H3,(H,16,17). The van der Waals surface area contributed by atoms with Gasteiger partial charge in [-0.1, -0.05) is 56.8 Å². The quantitative estimate of drug-likeness (QED) is 0.339. The Morgan fingerprint density at radius 3 is 2.61 bits per heavy atom. The highest BCUT2D eigenvalue weighted by molar-refractivity contribution is 5.86. The highest BCUT2D eigenvalue weighted by atomic mass is 16.5. The third-order valence-corrected chi connectivity index (χ3v) is 3.59. The topological polar surface area (TPSA) is 49.3 Å². The molecule has 1 saturated carbocycles. The first-order valence-corrected chi connectivity index (χ1v) is 6.92. The van der Waals surface area contributed by atoms with E-state index in [0.717, 1.165) is 11.5 Å². The van der Waals surface area contributed by atoms with E-state index in [0.29, 0.717) is 5.92 Å². The average Bonchev–Trinajstić information content (AvgIpc) is 2.37. The monoisotopic (exact) mass is 251 g/mol. The Hall–Kier alpha value is -1.09. The molecule has 1 unspecified atom stereocenters. The third-order valence-electron chi connectivity index (χ3n) is 3.59. The van der Waals surface area contributed by atoms with Crippen LogP contribution in [0.3, 0.4) is 0 Å². The lowest BCUT2D eigenvalue weighted by molar-refractivity contribution is -0.124. The largest absolute Gasteiger partial charge is 0.288 e. The maximum atomic E-state index is 10.8. The molecule has 0 saturated heterocycles. The molecule has 0 spiro atoms. The van der Waals surface area contributed by atoms with E-state index in [9.17, 15) is 4.79 Å². The molecule has 1 rings (SSSR count). The molecule has 1 aliphatic carbocycles. The first-order valence-electron chi connectivity index (χ1n) is 6.92. The van der Waals surface area contributed by atoms with E-state index >= 15 is 0 Å². The normalized spacial score (nSPS) is 20.1. The van der Waals surface area contributed by atoms with Crippen LogP contribution in [0.2, 0.25) is 0 Å². The van der Waals surface area contributed by atoms with Gasteiger partial charge in [0.2, 0.25) is 0 Å². The van der Waals surface area contributed by atoms with Crippen LogP contribution in [-0.4, -0.2) is 11.1 Å². The van der Waals surface area contributed by atoms with Crippen LogP contribution < -0.4 is 5.48 Å². The van der Waals surface area contributed by atoms with Gasteiger partial charge < -0.3 is 0 Å². The number of carbonyl (C=O) groups excluding carboxylic acids is 1. The van der Waals surface area contributed by atoms with Gasteiger partial charge in [-0.15, -0.1) is 0 Å². The molecule has 0 aromatic heterocycles. The molecule has 0 heterocycles. The summed E-state index contributed by atoms with van der Waals surface area (Å²) in [6.45, 7) is 4.22. The highest BCUT2D eigenvalue weighted by Crippen LogP contribution is 2.29. The molecule has 1 amide bonds. The number of carbonyl (C=O) groups is 1. The molecule has 102 valence electrons. The van der Waals surface area contributed by atoms with Gasteiger partial charge in [0.25, 0.3) is 5.91 Å². The van der Waals surface area contributed by atoms with Gasteiger partial charge in [0.1, 0.15) is 0 Å². The zero-order valence-electron chi connectivity index (χ0n) is 11.5. The minimum absolute atomic E-state index is 0.484. The fourth-order valence-electron chi connectivity index (χ4n) is 2.77. The van der Waals surface area contributed by atoms with Crippen molar-refractivity contribution in [3.63, 3.8) is 0 Å². The molecule has 3 nitrogen and oxygen atoms in total. The molecule has 0 aromatic carbocycles. The second-order valence-corrected chi connectivity index (χ2v) is 5.44. The average molecular weight is 251 g/mol. The summed E-state index contributed by atoms with van der Waals surface area (Å²) in [6, 6.07) is 0. The van der Waals surface area contributed by atoms with Crippen molar-refractivity contribution in [1.29, 1.82) is 0 Å². The molecule has 1 fully saturated rings. The van der Waals surface area contributed by atoms with E-state index in [-0.39, 0.29) is 0 Å². The number of hydrogen-bond acceptors (Lipinski definition) is 2. The van der Waals surface area contributed by atoms with Crippen molar-refractivity contribution in [1.82, 2.24) is 5.48 Å². The zero-order valence-corrected chi connectivity index (χ0v) is 11.5. The van der Waals surface area contributed by atoms with Crippen molar-refractivity contribution in [3.05, 3.63) is 23.8 Å². The van der Waals surface area contributed by atoms with E-state index in [4.69, 9.17) is 5.21 Å². The maximum absolute atomic E-state index is 10.8. The maximum Gasteiger partial charge on any atom is 0.267 e. The minimum atomic E-state index is -0.484. The van der Waals surface area contributed by atoms with Gasteiger partial charge >= 0.3 is 0 Å². The number of amides is 1. The zero-order chi connectivity index (χ0) is 13.4. The van der Waals surface area contributed by atoms with Crippen LogP contribution in [0.15, 0.2) is 23.8 Å². The van der Waals surface area contributed by atoms with Crippen molar-refractivity contribution >= 4 is 5.91 Å². The van der Waals surface area contributed by atoms with Gasteiger partial charge in [0.05, 0.1) is 0 Å². The number of hydroxylamine groups is 1. The van der Waals surface area contributed by atoms with Gasteiger partial charge in [-0.05, 0) is 25.2 Å². The summed E-state index contributed by atoms with van der Waals surface area (Å²) in [5.41, 5.74) is 2.66. The highest BCUT2D eigenvalue weighted by Gasteiger charge is 2.15. The van der Waals surface area contributed by atoms with Crippen LogP contribution in [0, 0.1) is 11.8 Å². The van der Waals surface area contributed by atoms with E-state index in [1.54, 1.807) is 11.6 Å². The summed E-state index contributed by atoms with van der Waals surface area (Å²) in [6.07, 6.45) is 13.5. The summed E-state index contributed by atoms with van der Waals surface area (Å²) < 4.78 is 0. The van der Waals surface area contributed by atoms with Crippen molar-refractivity contribution < 1.29 is 10.0 Å². The number of rotatable bonds is 5. The molecule has 2 N–H and O–H groups in total. The van der Waals surface area contributed by atoms with Gasteiger partial charge in [-0.2, -0.15) is 0 Å². The van der Waals surface area contributed by atoms with E-state index < -0.39 is 5.91 Å². The molecular weight excluding hydrogens is 226 g/mol. The fourth-order valence-corrected chi connectivity index (χ4v) is 2.77. The molecule has 18 heavy (non-hydrogen) atoms. The Balaban J connectivity index is 2.38. The summed E-state index contributed by atoms with van der Waals surface area (Å²) >= 11 is 0. The second kappa shape index (κ2) is 8.09. The van der Waals surface area contributed by atoms with Crippen LogP contribution in [0.25, 0.3) is 0 Å². The first kappa shape index (κ1) is 15.0. The molecule has 0 aromatic rings. The Bertz CT molecular complexity index is 314. The van der Waals surface area contributed by atoms with Crippen molar-refractivity contribution in [2.45, 2.75) is 52.4 Å². The van der Waals surface area contributed by atoms with Gasteiger partial charge in [0, 0.05) is 6.08 Å². The van der Waals surface area contributed by atoms with Crippen molar-refractivity contribution in [2.24, 2.45) is 11.8 Å². The fraction of sp³-hybridized carbons (Fsp3) is 0.667. The van der Waals surface area contributed by atoms with Crippen LogP contribution in [0.5, 0.6) is 0 Å². The van der Waals surface area contributed by atoms with Gasteiger partial charge in [-0.3, -0.25) is 10.0 Å². The lowest BCUT2D eigenvalue weighted by Crippen LogP contribution is -2.15. The number of allylic oxidation sites excluding steroid dienone is 3. The molecule has 3 heteroatoms. The second-order valence-electron chi connectivity index (χ2n) is 5.44. The number of hydrogen-bond donors (Lipinski definition) is 2. The summed E-state index contributed by atoms with van der Waals surface area (Å²) in [7, 11) is 0. The van der Waals surface area contributed by atoms with Crippen LogP contribution in [0.4, 0.5) is 0 Å². The molecular formula is C15H25NO2. The van der Waals surface area contributed by atoms with Crippen molar-refractivity contribution in [2.75, 3.05) is 0 Å². The lowest BCUT2D eigenvalue weighted by atomic mass is 9.83. The van der Waals surface area contributed by atoms with Gasteiger partial charge in [-0.25, -0.2) is 5.48 Å². The summed E-state index contributed by atoms with van der Waals surface area (Å²) in [4.78, 5) is 10.8. The SMILES string of the molecule is CC(C=CC(=O)NO)=CC(C)CC1CCCCC1. The van der Waals surface area contributed by atoms with E-state index in [1.165, 1.54) is 44.6 Å². The third kappa shape index (κ3) is 6.01. The smallest absolute Gasteiger partial charge is 0.267 e. The molecule has 0 aliphatic heterocycles. The molecule has 0 radical (unpaired) electrons. The summed E-state index contributed by atoms with van der Waals surface area (Å²) in [5.74, 6) is 0.945. The molecule has 1 aliphatic rings. The Kier molecular flexibility index (Phi) is 6.73. The Morgan fingerprint density at radius 2 is 2.00 bits per heavy atom. The van der Waals surface area contributed by atoms with E-state index in [1.807, 2.05) is 6.92 Å². The lowest BCUT2D eigenvalue weighted by Gasteiger charge is -2.23. The van der Waals surface area contributed by atoms with Crippen LogP contribution in [0.1, 0.15) is 52.4 Å². The summed E-state index contributed by atoms with van der Waals surface area (Å²) in [5, 5.41) is 8.38. The molecule has 1 atom stereocenters. The first-order chi connectivity index (χ1) is 8.61. The van der Waals surface area contributed by atoms with Crippen molar-refractivity contribution in [3.8, 4) is 0 Å².